The minimum absolute atomic E-state index is 0.283. The molecular formula is C22H26. The summed E-state index contributed by atoms with van der Waals surface area (Å²) in [6, 6.07) is 23.5. The molecule has 0 saturated heterocycles. The van der Waals surface area contributed by atoms with Gasteiger partial charge >= 0.3 is 0 Å². The predicted molar refractivity (Wildman–Crippen MR) is 98.6 cm³/mol. The van der Waals surface area contributed by atoms with Crippen LogP contribution in [-0.4, -0.2) is 0 Å². The molecular weight excluding hydrogens is 264 g/mol. The first-order valence-corrected chi connectivity index (χ1v) is 7.89. The first-order chi connectivity index (χ1) is 10.4. The lowest BCUT2D eigenvalue weighted by atomic mass is 9.84. The van der Waals surface area contributed by atoms with Crippen molar-refractivity contribution < 1.29 is 0 Å². The summed E-state index contributed by atoms with van der Waals surface area (Å²) in [5.41, 5.74) is 4.44. The van der Waals surface area contributed by atoms with E-state index in [4.69, 9.17) is 0 Å². The Morgan fingerprint density at radius 3 is 1.82 bits per heavy atom. The molecule has 0 atom stereocenters. The van der Waals surface area contributed by atoms with E-state index < -0.39 is 0 Å². The molecule has 0 aliphatic carbocycles. The molecule has 3 aromatic carbocycles. The summed E-state index contributed by atoms with van der Waals surface area (Å²) >= 11 is 0. The van der Waals surface area contributed by atoms with E-state index in [0.717, 1.165) is 0 Å². The molecule has 22 heavy (non-hydrogen) atoms. The number of aryl methyl sites for hydroxylation is 2. The van der Waals surface area contributed by atoms with E-state index in [0.29, 0.717) is 0 Å². The third-order valence-corrected chi connectivity index (χ3v) is 3.86. The van der Waals surface area contributed by atoms with Gasteiger partial charge in [-0.15, -0.1) is 0 Å². The van der Waals surface area contributed by atoms with Crippen LogP contribution in [0.25, 0.3) is 10.8 Å². The summed E-state index contributed by atoms with van der Waals surface area (Å²) in [5, 5.41) is 2.64. The molecule has 0 radical (unpaired) electrons. The van der Waals surface area contributed by atoms with Crippen LogP contribution in [0.1, 0.15) is 37.5 Å². The number of fused-ring (bicyclic) bond motifs is 1. The van der Waals surface area contributed by atoms with E-state index in [1.807, 2.05) is 0 Å². The van der Waals surface area contributed by atoms with Crippen molar-refractivity contribution in [2.45, 2.75) is 40.0 Å². The van der Waals surface area contributed by atoms with E-state index in [-0.39, 0.29) is 5.41 Å². The third kappa shape index (κ3) is 4.21. The van der Waals surface area contributed by atoms with Gasteiger partial charge in [0.1, 0.15) is 0 Å². The smallest absolute Gasteiger partial charge is 0.0129 e. The maximum atomic E-state index is 2.25. The molecule has 0 fully saturated rings. The maximum Gasteiger partial charge on any atom is -0.0129 e. The Bertz CT molecular complexity index is 745. The molecule has 0 spiro atoms. The van der Waals surface area contributed by atoms with Gasteiger partial charge in [-0.2, -0.15) is 0 Å². The van der Waals surface area contributed by atoms with Gasteiger partial charge in [-0.05, 0) is 41.2 Å². The largest absolute Gasteiger partial charge is 0.0620 e. The lowest BCUT2D eigenvalue weighted by Gasteiger charge is -2.21. The van der Waals surface area contributed by atoms with Crippen LogP contribution in [0.3, 0.4) is 0 Å². The molecule has 0 nitrogen and oxygen atoms in total. The van der Waals surface area contributed by atoms with Crippen molar-refractivity contribution in [1.29, 1.82) is 0 Å². The molecule has 3 rings (SSSR count). The average Bonchev–Trinajstić information content (AvgIpc) is 2.47. The van der Waals surface area contributed by atoms with Gasteiger partial charge in [-0.1, -0.05) is 93.1 Å². The summed E-state index contributed by atoms with van der Waals surface area (Å²) in [6.07, 6.45) is 0. The van der Waals surface area contributed by atoms with E-state index in [1.54, 1.807) is 0 Å². The third-order valence-electron chi connectivity index (χ3n) is 3.86. The van der Waals surface area contributed by atoms with Crippen molar-refractivity contribution in [3.63, 3.8) is 0 Å². The summed E-state index contributed by atoms with van der Waals surface area (Å²) in [6.45, 7) is 11.0. The van der Waals surface area contributed by atoms with Gasteiger partial charge in [-0.25, -0.2) is 0 Å². The molecule has 0 aliphatic rings. The second-order valence-electron chi connectivity index (χ2n) is 6.92. The fraction of sp³-hybridized carbons (Fsp3) is 0.273. The highest BCUT2D eigenvalue weighted by Gasteiger charge is 2.14. The standard InChI is InChI=1S/C11H10.C11H16/c1-9-6-7-10-4-2-3-5-11(10)8-9;1-9-7-5-6-8-10(9)11(2,3)4/h2-8H,1H3;5-8H,1-4H3. The Kier molecular flexibility index (Phi) is 5.03. The fourth-order valence-corrected chi connectivity index (χ4v) is 2.72. The fourth-order valence-electron chi connectivity index (χ4n) is 2.72. The van der Waals surface area contributed by atoms with Crippen LogP contribution in [0.4, 0.5) is 0 Å². The second-order valence-corrected chi connectivity index (χ2v) is 6.92. The van der Waals surface area contributed by atoms with E-state index in [1.165, 1.54) is 27.5 Å². The molecule has 0 bridgehead atoms. The zero-order chi connectivity index (χ0) is 16.2. The van der Waals surface area contributed by atoms with Crippen molar-refractivity contribution in [3.8, 4) is 0 Å². The molecule has 0 saturated carbocycles. The van der Waals surface area contributed by atoms with Crippen molar-refractivity contribution in [2.75, 3.05) is 0 Å². The monoisotopic (exact) mass is 290 g/mol. The Labute approximate surface area is 134 Å². The highest BCUT2D eigenvalue weighted by atomic mass is 14.2. The van der Waals surface area contributed by atoms with Crippen LogP contribution < -0.4 is 0 Å². The Morgan fingerprint density at radius 1 is 0.636 bits per heavy atom. The summed E-state index contributed by atoms with van der Waals surface area (Å²) in [4.78, 5) is 0. The molecule has 0 aliphatic heterocycles. The summed E-state index contributed by atoms with van der Waals surface area (Å²) in [7, 11) is 0. The van der Waals surface area contributed by atoms with Crippen LogP contribution in [0, 0.1) is 13.8 Å². The highest BCUT2D eigenvalue weighted by molar-refractivity contribution is 5.82. The predicted octanol–water partition coefficient (Wildman–Crippen LogP) is 6.44. The molecule has 0 aromatic heterocycles. The molecule has 3 aromatic rings. The van der Waals surface area contributed by atoms with E-state index in [2.05, 4.69) is 101 Å². The van der Waals surface area contributed by atoms with Gasteiger partial charge in [-0.3, -0.25) is 0 Å². The lowest BCUT2D eigenvalue weighted by Crippen LogP contribution is -2.12. The van der Waals surface area contributed by atoms with Crippen molar-refractivity contribution in [2.24, 2.45) is 0 Å². The number of hydrogen-bond donors (Lipinski definition) is 0. The zero-order valence-electron chi connectivity index (χ0n) is 14.4. The van der Waals surface area contributed by atoms with Gasteiger partial charge in [0, 0.05) is 0 Å². The normalized spacial score (nSPS) is 11.0. The molecule has 0 unspecified atom stereocenters. The first-order valence-electron chi connectivity index (χ1n) is 7.89. The van der Waals surface area contributed by atoms with Crippen molar-refractivity contribution >= 4 is 10.8 Å². The van der Waals surface area contributed by atoms with E-state index >= 15 is 0 Å². The molecule has 114 valence electrons. The zero-order valence-corrected chi connectivity index (χ0v) is 14.4. The Balaban J connectivity index is 0.000000160. The van der Waals surface area contributed by atoms with Crippen LogP contribution >= 0.6 is 0 Å². The Morgan fingerprint density at radius 2 is 1.23 bits per heavy atom. The number of hydrogen-bond acceptors (Lipinski definition) is 0. The van der Waals surface area contributed by atoms with Crippen LogP contribution in [0.2, 0.25) is 0 Å². The van der Waals surface area contributed by atoms with Gasteiger partial charge in [0.25, 0.3) is 0 Å². The summed E-state index contributed by atoms with van der Waals surface area (Å²) in [5.74, 6) is 0. The van der Waals surface area contributed by atoms with Gasteiger partial charge in [0.2, 0.25) is 0 Å². The summed E-state index contributed by atoms with van der Waals surface area (Å²) < 4.78 is 0. The quantitative estimate of drug-likeness (QED) is 0.447. The average molecular weight is 290 g/mol. The molecule has 0 heteroatoms. The topological polar surface area (TPSA) is 0 Å². The van der Waals surface area contributed by atoms with E-state index in [9.17, 15) is 0 Å². The number of benzene rings is 3. The highest BCUT2D eigenvalue weighted by Crippen LogP contribution is 2.24. The van der Waals surface area contributed by atoms with Crippen LogP contribution in [0.5, 0.6) is 0 Å². The number of rotatable bonds is 0. The lowest BCUT2D eigenvalue weighted by molar-refractivity contribution is 0.586. The Hall–Kier alpha value is -2.08. The van der Waals surface area contributed by atoms with Gasteiger partial charge in [0.15, 0.2) is 0 Å². The second kappa shape index (κ2) is 6.79. The van der Waals surface area contributed by atoms with Gasteiger partial charge < -0.3 is 0 Å². The van der Waals surface area contributed by atoms with Crippen LogP contribution in [-0.2, 0) is 5.41 Å². The van der Waals surface area contributed by atoms with Crippen molar-refractivity contribution in [3.05, 3.63) is 83.4 Å². The van der Waals surface area contributed by atoms with Crippen LogP contribution in [0.15, 0.2) is 66.7 Å². The van der Waals surface area contributed by atoms with Gasteiger partial charge in [0.05, 0.1) is 0 Å². The first kappa shape index (κ1) is 16.3. The molecule has 0 heterocycles. The molecule has 0 N–H and O–H groups in total. The minimum Gasteiger partial charge on any atom is -0.0620 e. The minimum atomic E-state index is 0.283. The van der Waals surface area contributed by atoms with Crippen molar-refractivity contribution in [1.82, 2.24) is 0 Å². The molecule has 0 amide bonds. The maximum absolute atomic E-state index is 2.25. The SMILES string of the molecule is Cc1ccc2ccccc2c1.Cc1ccccc1C(C)(C)C.